The van der Waals surface area contributed by atoms with Gasteiger partial charge in [0.15, 0.2) is 0 Å². The van der Waals surface area contributed by atoms with Gasteiger partial charge in [-0.15, -0.1) is 0 Å². The first-order valence-corrected chi connectivity index (χ1v) is 12.1. The van der Waals surface area contributed by atoms with Gasteiger partial charge in [0.25, 0.3) is 11.8 Å². The highest BCUT2D eigenvalue weighted by atomic mass is 35.5. The van der Waals surface area contributed by atoms with Crippen LogP contribution in [0.2, 0.25) is 10.0 Å². The van der Waals surface area contributed by atoms with Crippen LogP contribution in [0.25, 0.3) is 10.8 Å². The highest BCUT2D eigenvalue weighted by Crippen LogP contribution is 2.61. The molecule has 1 aromatic heterocycles. The second-order valence-corrected chi connectivity index (χ2v) is 10.4. The Hall–Kier alpha value is -3.34. The number of pyridine rings is 1. The molecule has 37 heavy (non-hydrogen) atoms. The zero-order chi connectivity index (χ0) is 26.3. The minimum absolute atomic E-state index is 0.0348. The SMILES string of the molecule is O=C(Nc1cc2ccccc2cn1)[C@H]1[C@H]2CC(F)(F)CN2[C@]2(C(=O)Nc3c(Cl)cc(Cl)cc32)[C@H]1C(=O)O. The van der Waals surface area contributed by atoms with Crippen molar-refractivity contribution in [3.05, 3.63) is 64.3 Å². The molecule has 12 heteroatoms. The van der Waals surface area contributed by atoms with Crippen molar-refractivity contribution in [2.45, 2.75) is 23.9 Å². The Morgan fingerprint density at radius 2 is 1.89 bits per heavy atom. The van der Waals surface area contributed by atoms with Crippen molar-refractivity contribution in [2.75, 3.05) is 17.2 Å². The van der Waals surface area contributed by atoms with Gasteiger partial charge in [-0.05, 0) is 23.6 Å². The summed E-state index contributed by atoms with van der Waals surface area (Å²) in [6, 6.07) is 10.3. The number of nitrogens with one attached hydrogen (secondary N) is 2. The van der Waals surface area contributed by atoms with Gasteiger partial charge in [0.2, 0.25) is 5.91 Å². The normalized spacial score (nSPS) is 27.8. The lowest BCUT2D eigenvalue weighted by Gasteiger charge is -2.35. The number of aromatic nitrogens is 1. The molecule has 4 heterocycles. The van der Waals surface area contributed by atoms with Crippen LogP contribution in [0.3, 0.4) is 0 Å². The Morgan fingerprint density at radius 3 is 2.62 bits per heavy atom. The lowest BCUT2D eigenvalue weighted by Crippen LogP contribution is -2.54. The maximum absolute atomic E-state index is 14.8. The Balaban J connectivity index is 1.49. The molecular formula is C25H18Cl2F2N4O4. The zero-order valence-electron chi connectivity index (χ0n) is 18.8. The molecule has 0 unspecified atom stereocenters. The molecule has 2 saturated heterocycles. The molecule has 4 atom stereocenters. The lowest BCUT2D eigenvalue weighted by molar-refractivity contribution is -0.153. The van der Waals surface area contributed by atoms with Gasteiger partial charge in [0.1, 0.15) is 17.3 Å². The number of hydrogen-bond donors (Lipinski definition) is 3. The lowest BCUT2D eigenvalue weighted by atomic mass is 9.73. The second-order valence-electron chi connectivity index (χ2n) is 9.53. The summed E-state index contributed by atoms with van der Waals surface area (Å²) in [5, 5.41) is 17.3. The predicted molar refractivity (Wildman–Crippen MR) is 132 cm³/mol. The number of carbonyl (C=O) groups is 3. The van der Waals surface area contributed by atoms with E-state index < -0.39 is 60.1 Å². The van der Waals surface area contributed by atoms with E-state index in [9.17, 15) is 28.3 Å². The fourth-order valence-electron chi connectivity index (χ4n) is 6.16. The van der Waals surface area contributed by atoms with Crippen LogP contribution in [0.4, 0.5) is 20.3 Å². The average molecular weight is 547 g/mol. The van der Waals surface area contributed by atoms with E-state index >= 15 is 0 Å². The fourth-order valence-corrected chi connectivity index (χ4v) is 6.70. The van der Waals surface area contributed by atoms with Crippen molar-refractivity contribution in [1.82, 2.24) is 9.88 Å². The highest BCUT2D eigenvalue weighted by Gasteiger charge is 2.74. The summed E-state index contributed by atoms with van der Waals surface area (Å²) in [6.45, 7) is -0.906. The van der Waals surface area contributed by atoms with Gasteiger partial charge < -0.3 is 15.7 Å². The van der Waals surface area contributed by atoms with Gasteiger partial charge in [0.05, 0.1) is 23.2 Å². The first-order valence-electron chi connectivity index (χ1n) is 11.4. The molecule has 0 radical (unpaired) electrons. The number of carbonyl (C=O) groups excluding carboxylic acids is 2. The number of hydrogen-bond acceptors (Lipinski definition) is 5. The van der Waals surface area contributed by atoms with Crippen LogP contribution in [0.5, 0.6) is 0 Å². The quantitative estimate of drug-likeness (QED) is 0.449. The van der Waals surface area contributed by atoms with E-state index in [1.807, 2.05) is 18.2 Å². The van der Waals surface area contributed by atoms with Crippen molar-refractivity contribution in [1.29, 1.82) is 0 Å². The Kier molecular flexibility index (Phi) is 5.24. The number of aliphatic carboxylic acids is 1. The predicted octanol–water partition coefficient (Wildman–Crippen LogP) is 4.37. The maximum Gasteiger partial charge on any atom is 0.310 e. The van der Waals surface area contributed by atoms with Crippen LogP contribution in [0.1, 0.15) is 12.0 Å². The Labute approximate surface area is 218 Å². The smallest absolute Gasteiger partial charge is 0.310 e. The molecule has 6 rings (SSSR count). The molecule has 8 nitrogen and oxygen atoms in total. The number of alkyl halides is 2. The Morgan fingerprint density at radius 1 is 1.16 bits per heavy atom. The van der Waals surface area contributed by atoms with Crippen molar-refractivity contribution >= 4 is 63.3 Å². The van der Waals surface area contributed by atoms with Crippen molar-refractivity contribution in [2.24, 2.45) is 11.8 Å². The third-order valence-electron chi connectivity index (χ3n) is 7.49. The Bertz CT molecular complexity index is 1520. The monoisotopic (exact) mass is 546 g/mol. The number of anilines is 2. The van der Waals surface area contributed by atoms with Crippen molar-refractivity contribution < 1.29 is 28.3 Å². The number of carboxylic acid groups (broad SMARTS) is 1. The molecule has 0 saturated carbocycles. The van der Waals surface area contributed by atoms with Gasteiger partial charge in [-0.25, -0.2) is 13.8 Å². The minimum Gasteiger partial charge on any atom is -0.481 e. The molecule has 0 aliphatic carbocycles. The summed E-state index contributed by atoms with van der Waals surface area (Å²) in [5.41, 5.74) is -1.96. The van der Waals surface area contributed by atoms with Crippen LogP contribution in [0.15, 0.2) is 48.7 Å². The largest absolute Gasteiger partial charge is 0.481 e. The molecule has 1 spiro atoms. The number of nitrogens with zero attached hydrogens (tertiary/aromatic N) is 2. The molecule has 3 aliphatic rings. The first kappa shape index (κ1) is 24.0. The van der Waals surface area contributed by atoms with Crippen molar-refractivity contribution in [3.8, 4) is 0 Å². The minimum atomic E-state index is -3.26. The molecule has 2 amide bonds. The van der Waals surface area contributed by atoms with Gasteiger partial charge in [0, 0.05) is 34.6 Å². The maximum atomic E-state index is 14.8. The number of fused-ring (bicyclic) bond motifs is 5. The molecule has 0 bridgehead atoms. The van der Waals surface area contributed by atoms with E-state index in [2.05, 4.69) is 15.6 Å². The van der Waals surface area contributed by atoms with Gasteiger partial charge in [-0.2, -0.15) is 0 Å². The number of carboxylic acids is 1. The summed E-state index contributed by atoms with van der Waals surface area (Å²) in [6.07, 6.45) is 0.745. The number of amides is 2. The molecule has 2 fully saturated rings. The summed E-state index contributed by atoms with van der Waals surface area (Å²) in [5.74, 6) is -9.49. The third kappa shape index (κ3) is 3.43. The number of benzene rings is 2. The first-order chi connectivity index (χ1) is 17.5. The van der Waals surface area contributed by atoms with Crippen molar-refractivity contribution in [3.63, 3.8) is 0 Å². The standard InChI is InChI=1S/C25H18Cl2F2N4O4/c26-13-6-14-20(15(27)7-13)32-23(37)25(14)19(22(35)36)18(16-8-24(28,29)10-33(16)25)21(34)31-17-5-11-3-1-2-4-12(11)9-30-17/h1-7,9,16,18-19H,8,10H2,(H,32,37)(H,35,36)(H,30,31,34)/t16-,18+,19-,25+/m1/s1. The van der Waals surface area contributed by atoms with Gasteiger partial charge in [-0.3, -0.25) is 19.3 Å². The van der Waals surface area contributed by atoms with E-state index in [-0.39, 0.29) is 27.1 Å². The van der Waals surface area contributed by atoms with Crippen LogP contribution in [-0.2, 0) is 19.9 Å². The number of rotatable bonds is 3. The topological polar surface area (TPSA) is 112 Å². The second kappa shape index (κ2) is 8.08. The molecule has 3 N–H and O–H groups in total. The van der Waals surface area contributed by atoms with Crippen LogP contribution < -0.4 is 10.6 Å². The van der Waals surface area contributed by atoms with E-state index in [0.29, 0.717) is 0 Å². The summed E-state index contributed by atoms with van der Waals surface area (Å²) >= 11 is 12.5. The zero-order valence-corrected chi connectivity index (χ0v) is 20.4. The molecule has 190 valence electrons. The summed E-state index contributed by atoms with van der Waals surface area (Å²) in [7, 11) is 0. The molecule has 3 aliphatic heterocycles. The van der Waals surface area contributed by atoms with Crippen LogP contribution >= 0.6 is 23.2 Å². The highest BCUT2D eigenvalue weighted by molar-refractivity contribution is 6.38. The third-order valence-corrected chi connectivity index (χ3v) is 8.00. The van der Waals surface area contributed by atoms with E-state index in [0.717, 1.165) is 15.7 Å². The molecule has 2 aromatic carbocycles. The van der Waals surface area contributed by atoms with Crippen LogP contribution in [-0.4, -0.2) is 51.3 Å². The summed E-state index contributed by atoms with van der Waals surface area (Å²) in [4.78, 5) is 45.3. The summed E-state index contributed by atoms with van der Waals surface area (Å²) < 4.78 is 29.6. The average Bonchev–Trinajstić information content (AvgIpc) is 3.40. The molecular weight excluding hydrogens is 529 g/mol. The number of halogens is 4. The van der Waals surface area contributed by atoms with Crippen LogP contribution in [0, 0.1) is 11.8 Å². The van der Waals surface area contributed by atoms with Gasteiger partial charge >= 0.3 is 5.97 Å². The van der Waals surface area contributed by atoms with E-state index in [1.54, 1.807) is 12.1 Å². The van der Waals surface area contributed by atoms with E-state index in [1.165, 1.54) is 18.3 Å². The van der Waals surface area contributed by atoms with E-state index in [4.69, 9.17) is 23.2 Å². The fraction of sp³-hybridized carbons (Fsp3) is 0.280. The molecule has 3 aromatic rings. The van der Waals surface area contributed by atoms with Gasteiger partial charge in [-0.1, -0.05) is 47.5 Å².